The fourth-order valence-electron chi connectivity index (χ4n) is 7.11. The third-order valence-corrected chi connectivity index (χ3v) is 10.8. The molecule has 1 rings (SSSR count). The number of esters is 3. The van der Waals surface area contributed by atoms with Gasteiger partial charge in [0.15, 0.2) is 24.6 Å². The fourth-order valence-corrected chi connectivity index (χ4v) is 7.11. The highest BCUT2D eigenvalue weighted by Gasteiger charge is 2.50. The van der Waals surface area contributed by atoms with E-state index in [1.54, 1.807) is 0 Å². The van der Waals surface area contributed by atoms with Gasteiger partial charge in [-0.05, 0) is 38.5 Å². The zero-order valence-corrected chi connectivity index (χ0v) is 37.3. The Labute approximate surface area is 356 Å². The summed E-state index contributed by atoms with van der Waals surface area (Å²) < 4.78 is 28.1. The highest BCUT2D eigenvalue weighted by atomic mass is 16.7. The Kier molecular flexibility index (Phi) is 34.4. The standard InChI is InChI=1S/C47H84O12/c1-4-7-10-13-16-19-20-23-26-29-32-35-41(50)58-45-43(52)42(51)44(46(53)54)59-47(45)56-37-38(57-40(49)34-31-28-25-22-18-15-12-9-6-3)36-55-39(48)33-30-27-24-21-17-14-11-8-5-2/h13,16,38,42-45,47,51-52H,4-12,14-15,17-37H2,1-3H3,(H,53,54)/b16-13-. The molecule has 0 saturated carbocycles. The van der Waals surface area contributed by atoms with Gasteiger partial charge in [-0.25, -0.2) is 4.79 Å². The Morgan fingerprint density at radius 2 is 0.983 bits per heavy atom. The van der Waals surface area contributed by atoms with Gasteiger partial charge in [-0.15, -0.1) is 0 Å². The first-order chi connectivity index (χ1) is 28.6. The molecule has 0 aliphatic carbocycles. The number of aliphatic hydroxyl groups is 2. The second-order valence-corrected chi connectivity index (χ2v) is 16.4. The third kappa shape index (κ3) is 28.6. The van der Waals surface area contributed by atoms with Crippen LogP contribution in [0.25, 0.3) is 0 Å². The Bertz CT molecular complexity index is 1100. The van der Waals surface area contributed by atoms with Gasteiger partial charge in [0.1, 0.15) is 18.8 Å². The number of aliphatic carboxylic acids is 1. The van der Waals surface area contributed by atoms with Crippen LogP contribution in [0.5, 0.6) is 0 Å². The van der Waals surface area contributed by atoms with Gasteiger partial charge in [0.2, 0.25) is 0 Å². The van der Waals surface area contributed by atoms with E-state index in [9.17, 15) is 34.5 Å². The Morgan fingerprint density at radius 1 is 0.542 bits per heavy atom. The van der Waals surface area contributed by atoms with Gasteiger partial charge < -0.3 is 39.0 Å². The summed E-state index contributed by atoms with van der Waals surface area (Å²) in [6.07, 6.45) is 23.8. The molecule has 6 atom stereocenters. The summed E-state index contributed by atoms with van der Waals surface area (Å²) in [5, 5.41) is 31.1. The molecule has 0 aromatic rings. The average Bonchev–Trinajstić information content (AvgIpc) is 3.21. The number of carboxylic acids is 1. The summed E-state index contributed by atoms with van der Waals surface area (Å²) in [4.78, 5) is 50.4. The summed E-state index contributed by atoms with van der Waals surface area (Å²) in [6.45, 7) is 5.86. The highest BCUT2D eigenvalue weighted by molar-refractivity contribution is 5.74. The molecule has 1 saturated heterocycles. The summed E-state index contributed by atoms with van der Waals surface area (Å²) in [6, 6.07) is 0. The summed E-state index contributed by atoms with van der Waals surface area (Å²) in [7, 11) is 0. The van der Waals surface area contributed by atoms with Crippen LogP contribution in [0.2, 0.25) is 0 Å². The Morgan fingerprint density at radius 3 is 1.49 bits per heavy atom. The van der Waals surface area contributed by atoms with Crippen molar-refractivity contribution in [3.05, 3.63) is 12.2 Å². The smallest absolute Gasteiger partial charge is 0.335 e. The lowest BCUT2D eigenvalue weighted by molar-refractivity contribution is -0.301. The molecule has 0 amide bonds. The molecular formula is C47H84O12. The minimum atomic E-state index is -1.90. The van der Waals surface area contributed by atoms with Crippen LogP contribution in [0, 0.1) is 0 Å². The van der Waals surface area contributed by atoms with E-state index in [0.717, 1.165) is 77.0 Å². The van der Waals surface area contributed by atoms with Crippen LogP contribution in [-0.2, 0) is 42.9 Å². The molecule has 12 heteroatoms. The zero-order valence-electron chi connectivity index (χ0n) is 37.3. The lowest BCUT2D eigenvalue weighted by Gasteiger charge is -2.40. The van der Waals surface area contributed by atoms with Crippen molar-refractivity contribution in [2.24, 2.45) is 0 Å². The maximum absolute atomic E-state index is 12.9. The molecule has 0 bridgehead atoms. The van der Waals surface area contributed by atoms with Gasteiger partial charge in [-0.2, -0.15) is 0 Å². The van der Waals surface area contributed by atoms with Gasteiger partial charge in [-0.3, -0.25) is 14.4 Å². The van der Waals surface area contributed by atoms with Crippen LogP contribution in [0.3, 0.4) is 0 Å². The number of rotatable bonds is 39. The van der Waals surface area contributed by atoms with E-state index < -0.39 is 67.3 Å². The normalized spacial score (nSPS) is 19.8. The Hall–Kier alpha value is -2.54. The molecule has 12 nitrogen and oxygen atoms in total. The SMILES string of the molecule is CCCC/C=C\CCCCCCCC(=O)OC1C(OCC(COC(=O)CCCCCCCCCCC)OC(=O)CCCCCCCCCCC)OC(C(=O)O)C(O)C1O. The van der Waals surface area contributed by atoms with E-state index in [-0.39, 0.29) is 25.9 Å². The van der Waals surface area contributed by atoms with Crippen LogP contribution in [0.4, 0.5) is 0 Å². The molecule has 59 heavy (non-hydrogen) atoms. The molecule has 1 fully saturated rings. The van der Waals surface area contributed by atoms with Crippen molar-refractivity contribution in [1.29, 1.82) is 0 Å². The van der Waals surface area contributed by atoms with Gasteiger partial charge in [-0.1, -0.05) is 168 Å². The van der Waals surface area contributed by atoms with Crippen molar-refractivity contribution in [2.75, 3.05) is 13.2 Å². The van der Waals surface area contributed by atoms with E-state index in [1.165, 1.54) is 77.0 Å². The summed E-state index contributed by atoms with van der Waals surface area (Å²) in [5.41, 5.74) is 0. The van der Waals surface area contributed by atoms with Crippen molar-refractivity contribution in [2.45, 2.75) is 250 Å². The van der Waals surface area contributed by atoms with Crippen LogP contribution < -0.4 is 0 Å². The van der Waals surface area contributed by atoms with E-state index in [1.807, 2.05) is 0 Å². The number of hydrogen-bond acceptors (Lipinski definition) is 11. The van der Waals surface area contributed by atoms with Crippen molar-refractivity contribution in [3.8, 4) is 0 Å². The van der Waals surface area contributed by atoms with Crippen LogP contribution in [-0.4, -0.2) is 89.2 Å². The largest absolute Gasteiger partial charge is 0.479 e. The second kappa shape index (κ2) is 37.2. The van der Waals surface area contributed by atoms with Gasteiger partial charge in [0.05, 0.1) is 6.61 Å². The maximum atomic E-state index is 12.9. The lowest BCUT2D eigenvalue weighted by Crippen LogP contribution is -2.61. The molecule has 0 spiro atoms. The molecule has 3 N–H and O–H groups in total. The van der Waals surface area contributed by atoms with Crippen molar-refractivity contribution >= 4 is 23.9 Å². The molecule has 1 heterocycles. The highest BCUT2D eigenvalue weighted by Crippen LogP contribution is 2.26. The molecule has 1 aliphatic rings. The molecular weight excluding hydrogens is 757 g/mol. The van der Waals surface area contributed by atoms with Gasteiger partial charge in [0.25, 0.3) is 0 Å². The quantitative estimate of drug-likeness (QED) is 0.0232. The molecule has 1 aliphatic heterocycles. The number of carbonyl (C=O) groups excluding carboxylic acids is 3. The zero-order chi connectivity index (χ0) is 43.4. The van der Waals surface area contributed by atoms with Crippen molar-refractivity contribution < 1.29 is 58.2 Å². The minimum absolute atomic E-state index is 0.0549. The van der Waals surface area contributed by atoms with Crippen molar-refractivity contribution in [1.82, 2.24) is 0 Å². The fraction of sp³-hybridized carbons (Fsp3) is 0.872. The van der Waals surface area contributed by atoms with E-state index >= 15 is 0 Å². The van der Waals surface area contributed by atoms with Crippen molar-refractivity contribution in [3.63, 3.8) is 0 Å². The van der Waals surface area contributed by atoms with E-state index in [0.29, 0.717) is 19.3 Å². The molecule has 0 aromatic carbocycles. The Balaban J connectivity index is 2.77. The number of hydrogen-bond donors (Lipinski definition) is 3. The number of unbranched alkanes of at least 4 members (excludes halogenated alkanes) is 23. The summed E-state index contributed by atoms with van der Waals surface area (Å²) >= 11 is 0. The molecule has 0 aromatic heterocycles. The van der Waals surface area contributed by atoms with Crippen LogP contribution >= 0.6 is 0 Å². The number of carbonyl (C=O) groups is 4. The van der Waals surface area contributed by atoms with Crippen LogP contribution in [0.15, 0.2) is 12.2 Å². The third-order valence-electron chi connectivity index (χ3n) is 10.8. The lowest BCUT2D eigenvalue weighted by atomic mass is 9.98. The van der Waals surface area contributed by atoms with E-state index in [2.05, 4.69) is 32.9 Å². The predicted octanol–water partition coefficient (Wildman–Crippen LogP) is 10.2. The predicted molar refractivity (Wildman–Crippen MR) is 230 cm³/mol. The topological polar surface area (TPSA) is 175 Å². The first-order valence-corrected chi connectivity index (χ1v) is 23.7. The number of aliphatic hydroxyl groups excluding tert-OH is 2. The van der Waals surface area contributed by atoms with E-state index in [4.69, 9.17) is 23.7 Å². The monoisotopic (exact) mass is 841 g/mol. The molecule has 6 unspecified atom stereocenters. The number of allylic oxidation sites excluding steroid dienone is 2. The first kappa shape index (κ1) is 54.5. The van der Waals surface area contributed by atoms with Gasteiger partial charge in [0, 0.05) is 19.3 Å². The molecule has 0 radical (unpaired) electrons. The average molecular weight is 841 g/mol. The number of carboxylic acid groups (broad SMARTS) is 1. The molecule has 344 valence electrons. The first-order valence-electron chi connectivity index (χ1n) is 23.7. The van der Waals surface area contributed by atoms with Gasteiger partial charge >= 0.3 is 23.9 Å². The van der Waals surface area contributed by atoms with Crippen LogP contribution in [0.1, 0.15) is 213 Å². The summed E-state index contributed by atoms with van der Waals surface area (Å²) in [5.74, 6) is -3.12. The number of ether oxygens (including phenoxy) is 5. The maximum Gasteiger partial charge on any atom is 0.335 e. The second-order valence-electron chi connectivity index (χ2n) is 16.4. The minimum Gasteiger partial charge on any atom is -0.479 e.